The molecule has 0 atom stereocenters. The van der Waals surface area contributed by atoms with E-state index in [0.717, 1.165) is 28.4 Å². The van der Waals surface area contributed by atoms with Gasteiger partial charge in [-0.05, 0) is 74.9 Å². The minimum Gasteiger partial charge on any atom is -0.494 e. The van der Waals surface area contributed by atoms with E-state index < -0.39 is 0 Å². The Balaban J connectivity index is 1.56. The van der Waals surface area contributed by atoms with Gasteiger partial charge in [-0.15, -0.1) is 0 Å². The van der Waals surface area contributed by atoms with Crippen LogP contribution in [-0.2, 0) is 4.79 Å². The van der Waals surface area contributed by atoms with Crippen molar-refractivity contribution in [2.75, 3.05) is 17.2 Å². The molecule has 2 aromatic carbocycles. The molecule has 0 aliphatic carbocycles. The summed E-state index contributed by atoms with van der Waals surface area (Å²) in [5, 5.41) is 6.01. The van der Waals surface area contributed by atoms with Crippen LogP contribution in [0.15, 0.2) is 60.7 Å². The van der Waals surface area contributed by atoms with Gasteiger partial charge < -0.3 is 15.4 Å². The van der Waals surface area contributed by atoms with Crippen molar-refractivity contribution in [2.45, 2.75) is 20.8 Å². The molecule has 6 nitrogen and oxygen atoms in total. The molecule has 3 rings (SSSR count). The SMILES string of the molecule is CCOc1ccc(/C=C/C(=O)Nc2ccc(Nc3nc(C)cc(C)n3)cc2)cc1. The molecule has 148 valence electrons. The van der Waals surface area contributed by atoms with Crippen LogP contribution in [0.1, 0.15) is 23.9 Å². The number of ether oxygens (including phenoxy) is 1. The van der Waals surface area contributed by atoms with Crippen LogP contribution in [-0.4, -0.2) is 22.5 Å². The summed E-state index contributed by atoms with van der Waals surface area (Å²) in [5.74, 6) is 1.17. The Labute approximate surface area is 170 Å². The summed E-state index contributed by atoms with van der Waals surface area (Å²) in [6.07, 6.45) is 3.27. The fourth-order valence-electron chi connectivity index (χ4n) is 2.75. The highest BCUT2D eigenvalue weighted by Gasteiger charge is 2.02. The number of hydrogen-bond acceptors (Lipinski definition) is 5. The number of carbonyl (C=O) groups excluding carboxylic acids is 1. The van der Waals surface area contributed by atoms with E-state index in [1.807, 2.05) is 75.4 Å². The van der Waals surface area contributed by atoms with Gasteiger partial charge in [0.2, 0.25) is 11.9 Å². The standard InChI is InChI=1S/C23H24N4O2/c1-4-29-21-12-5-18(6-13-21)7-14-22(28)26-19-8-10-20(11-9-19)27-23-24-16(2)15-17(3)25-23/h5-15H,4H2,1-3H3,(H,26,28)(H,24,25,27)/b14-7+. The fraction of sp³-hybridized carbons (Fsp3) is 0.174. The van der Waals surface area contributed by atoms with E-state index in [9.17, 15) is 4.79 Å². The van der Waals surface area contributed by atoms with Crippen LogP contribution < -0.4 is 15.4 Å². The molecule has 6 heteroatoms. The molecule has 0 saturated carbocycles. The van der Waals surface area contributed by atoms with Gasteiger partial charge in [0, 0.05) is 28.8 Å². The lowest BCUT2D eigenvalue weighted by molar-refractivity contribution is -0.111. The Morgan fingerprint density at radius 2 is 1.59 bits per heavy atom. The lowest BCUT2D eigenvalue weighted by Crippen LogP contribution is -2.07. The molecule has 0 fully saturated rings. The van der Waals surface area contributed by atoms with Gasteiger partial charge in [-0.2, -0.15) is 0 Å². The van der Waals surface area contributed by atoms with E-state index in [-0.39, 0.29) is 5.91 Å². The third-order valence-corrected chi connectivity index (χ3v) is 4.01. The third-order valence-electron chi connectivity index (χ3n) is 4.01. The first-order chi connectivity index (χ1) is 14.0. The second-order valence-corrected chi connectivity index (χ2v) is 6.50. The average Bonchev–Trinajstić information content (AvgIpc) is 2.68. The molecule has 0 bridgehead atoms. The van der Waals surface area contributed by atoms with Crippen LogP contribution in [0.4, 0.5) is 17.3 Å². The summed E-state index contributed by atoms with van der Waals surface area (Å²) in [6, 6.07) is 16.9. The number of amides is 1. The maximum atomic E-state index is 12.1. The zero-order valence-electron chi connectivity index (χ0n) is 16.8. The highest BCUT2D eigenvalue weighted by molar-refractivity contribution is 6.02. The predicted molar refractivity (Wildman–Crippen MR) is 117 cm³/mol. The van der Waals surface area contributed by atoms with Crippen molar-refractivity contribution < 1.29 is 9.53 Å². The number of nitrogens with one attached hydrogen (secondary N) is 2. The maximum absolute atomic E-state index is 12.1. The smallest absolute Gasteiger partial charge is 0.248 e. The van der Waals surface area contributed by atoms with Gasteiger partial charge in [0.15, 0.2) is 0 Å². The molecule has 29 heavy (non-hydrogen) atoms. The molecule has 1 heterocycles. The number of anilines is 3. The number of nitrogens with zero attached hydrogens (tertiary/aromatic N) is 2. The maximum Gasteiger partial charge on any atom is 0.248 e. The first kappa shape index (κ1) is 20.1. The summed E-state index contributed by atoms with van der Waals surface area (Å²) >= 11 is 0. The summed E-state index contributed by atoms with van der Waals surface area (Å²) in [6.45, 7) is 6.43. The topological polar surface area (TPSA) is 76.1 Å². The fourth-order valence-corrected chi connectivity index (χ4v) is 2.75. The van der Waals surface area contributed by atoms with Crippen LogP contribution in [0.3, 0.4) is 0 Å². The summed E-state index contributed by atoms with van der Waals surface area (Å²) in [5.41, 5.74) is 4.29. The van der Waals surface area contributed by atoms with E-state index in [0.29, 0.717) is 18.2 Å². The Kier molecular flexibility index (Phi) is 6.58. The highest BCUT2D eigenvalue weighted by Crippen LogP contribution is 2.18. The molecular formula is C23H24N4O2. The van der Waals surface area contributed by atoms with E-state index in [1.165, 1.54) is 6.08 Å². The van der Waals surface area contributed by atoms with Crippen LogP contribution in [0, 0.1) is 13.8 Å². The van der Waals surface area contributed by atoms with Gasteiger partial charge in [0.25, 0.3) is 0 Å². The molecule has 1 amide bonds. The number of aryl methyl sites for hydroxylation is 2. The van der Waals surface area contributed by atoms with Gasteiger partial charge in [-0.3, -0.25) is 4.79 Å². The lowest BCUT2D eigenvalue weighted by atomic mass is 10.2. The molecule has 1 aromatic heterocycles. The summed E-state index contributed by atoms with van der Waals surface area (Å²) in [4.78, 5) is 20.9. The Hall–Kier alpha value is -3.67. The number of rotatable bonds is 7. The lowest BCUT2D eigenvalue weighted by Gasteiger charge is -2.08. The van der Waals surface area contributed by atoms with Crippen molar-refractivity contribution in [3.05, 3.63) is 77.6 Å². The number of hydrogen-bond donors (Lipinski definition) is 2. The van der Waals surface area contributed by atoms with Crippen LogP contribution in [0.5, 0.6) is 5.75 Å². The number of carbonyl (C=O) groups is 1. The highest BCUT2D eigenvalue weighted by atomic mass is 16.5. The molecule has 2 N–H and O–H groups in total. The minimum atomic E-state index is -0.197. The second kappa shape index (κ2) is 9.50. The molecular weight excluding hydrogens is 364 g/mol. The van der Waals surface area contributed by atoms with Gasteiger partial charge in [-0.1, -0.05) is 12.1 Å². The van der Waals surface area contributed by atoms with Gasteiger partial charge in [0.05, 0.1) is 6.61 Å². The summed E-state index contributed by atoms with van der Waals surface area (Å²) < 4.78 is 5.41. The Bertz CT molecular complexity index is 976. The minimum absolute atomic E-state index is 0.197. The van der Waals surface area contributed by atoms with Crippen LogP contribution in [0.25, 0.3) is 6.08 Å². The quantitative estimate of drug-likeness (QED) is 0.564. The van der Waals surface area contributed by atoms with Crippen molar-refractivity contribution in [3.63, 3.8) is 0 Å². The summed E-state index contributed by atoms with van der Waals surface area (Å²) in [7, 11) is 0. The normalized spacial score (nSPS) is 10.7. The monoisotopic (exact) mass is 388 g/mol. The predicted octanol–water partition coefficient (Wildman–Crippen LogP) is 4.89. The first-order valence-corrected chi connectivity index (χ1v) is 9.43. The van der Waals surface area contributed by atoms with Crippen molar-refractivity contribution in [1.29, 1.82) is 0 Å². The number of benzene rings is 2. The van der Waals surface area contributed by atoms with E-state index in [1.54, 1.807) is 6.08 Å². The van der Waals surface area contributed by atoms with Crippen molar-refractivity contribution in [2.24, 2.45) is 0 Å². The molecule has 0 aliphatic rings. The largest absolute Gasteiger partial charge is 0.494 e. The van der Waals surface area contributed by atoms with Gasteiger partial charge in [0.1, 0.15) is 5.75 Å². The van der Waals surface area contributed by atoms with Crippen LogP contribution in [0.2, 0.25) is 0 Å². The van der Waals surface area contributed by atoms with E-state index in [4.69, 9.17) is 4.74 Å². The zero-order valence-corrected chi connectivity index (χ0v) is 16.8. The first-order valence-electron chi connectivity index (χ1n) is 9.43. The average molecular weight is 388 g/mol. The second-order valence-electron chi connectivity index (χ2n) is 6.50. The van der Waals surface area contributed by atoms with E-state index in [2.05, 4.69) is 20.6 Å². The zero-order chi connectivity index (χ0) is 20.6. The van der Waals surface area contributed by atoms with Crippen molar-refractivity contribution >= 4 is 29.3 Å². The van der Waals surface area contributed by atoms with Crippen molar-refractivity contribution in [1.82, 2.24) is 9.97 Å². The molecule has 0 spiro atoms. The molecule has 0 radical (unpaired) electrons. The molecule has 0 saturated heterocycles. The molecule has 3 aromatic rings. The van der Waals surface area contributed by atoms with Crippen LogP contribution >= 0.6 is 0 Å². The van der Waals surface area contributed by atoms with E-state index >= 15 is 0 Å². The third kappa shape index (κ3) is 6.17. The van der Waals surface area contributed by atoms with Gasteiger partial charge >= 0.3 is 0 Å². The van der Waals surface area contributed by atoms with Crippen molar-refractivity contribution in [3.8, 4) is 5.75 Å². The number of aromatic nitrogens is 2. The Morgan fingerprint density at radius 3 is 2.21 bits per heavy atom. The van der Waals surface area contributed by atoms with Gasteiger partial charge in [-0.25, -0.2) is 9.97 Å². The Morgan fingerprint density at radius 1 is 0.966 bits per heavy atom. The molecule has 0 unspecified atom stereocenters. The molecule has 0 aliphatic heterocycles.